The van der Waals surface area contributed by atoms with Gasteiger partial charge in [-0.05, 0) is 41.5 Å². The molecule has 0 heterocycles. The van der Waals surface area contributed by atoms with Gasteiger partial charge in [-0.3, -0.25) is 4.79 Å². The molecule has 2 N–H and O–H groups in total. The lowest BCUT2D eigenvalue weighted by molar-refractivity contribution is -0.140. The molecule has 0 aliphatic heterocycles. The molecular formula is C21H28FN3O. The predicted octanol–water partition coefficient (Wildman–Crippen LogP) is 4.05. The maximum absolute atomic E-state index is 13.6. The summed E-state index contributed by atoms with van der Waals surface area (Å²) in [5.41, 5.74) is 8.81. The lowest BCUT2D eigenvalue weighted by Crippen LogP contribution is -2.39. The molecule has 0 spiro atoms. The average Bonchev–Trinajstić information content (AvgIpc) is 2.52. The summed E-state index contributed by atoms with van der Waals surface area (Å²) in [6, 6.07) is 12.1. The number of nitrogen functional groups attached to an aromatic ring is 1. The van der Waals surface area contributed by atoms with E-state index >= 15 is 0 Å². The first kappa shape index (κ1) is 19.8. The van der Waals surface area contributed by atoms with E-state index in [1.807, 2.05) is 64.0 Å². The summed E-state index contributed by atoms with van der Waals surface area (Å²) in [5.74, 6) is -0.294. The fourth-order valence-electron chi connectivity index (χ4n) is 2.90. The highest BCUT2D eigenvalue weighted by atomic mass is 19.1. The first-order valence-electron chi connectivity index (χ1n) is 8.67. The third-order valence-corrected chi connectivity index (χ3v) is 4.14. The topological polar surface area (TPSA) is 49.6 Å². The number of carbonyl (C=O) groups is 1. The molecule has 0 fully saturated rings. The molecule has 26 heavy (non-hydrogen) atoms. The Morgan fingerprint density at radius 2 is 1.77 bits per heavy atom. The molecule has 2 aromatic rings. The van der Waals surface area contributed by atoms with Crippen molar-refractivity contribution in [3.05, 3.63) is 59.4 Å². The Bertz CT molecular complexity index is 781. The first-order valence-corrected chi connectivity index (χ1v) is 8.67. The smallest absolute Gasteiger partial charge is 0.228 e. The van der Waals surface area contributed by atoms with Gasteiger partial charge in [0, 0.05) is 44.0 Å². The minimum atomic E-state index is -0.536. The molecule has 0 radical (unpaired) electrons. The minimum Gasteiger partial charge on any atom is -0.399 e. The molecule has 1 amide bonds. The van der Waals surface area contributed by atoms with Crippen LogP contribution in [0, 0.1) is 11.2 Å². The lowest BCUT2D eigenvalue weighted by Gasteiger charge is -2.31. The fraction of sp³-hybridized carbons (Fsp3) is 0.381. The summed E-state index contributed by atoms with van der Waals surface area (Å²) < 4.78 is 13.6. The molecular weight excluding hydrogens is 329 g/mol. The van der Waals surface area contributed by atoms with Gasteiger partial charge in [-0.15, -0.1) is 0 Å². The van der Waals surface area contributed by atoms with E-state index in [2.05, 4.69) is 0 Å². The Kier molecular flexibility index (Phi) is 5.90. The van der Waals surface area contributed by atoms with Crippen molar-refractivity contribution in [2.75, 3.05) is 24.7 Å². The Morgan fingerprint density at radius 1 is 1.08 bits per heavy atom. The van der Waals surface area contributed by atoms with Crippen molar-refractivity contribution in [1.29, 1.82) is 0 Å². The lowest BCUT2D eigenvalue weighted by atomic mass is 9.94. The van der Waals surface area contributed by atoms with Crippen molar-refractivity contribution in [1.82, 2.24) is 4.90 Å². The maximum atomic E-state index is 13.6. The standard InChI is InChI=1S/C21H28FN3O/c1-21(2,3)20(26)25(13-15-7-6-8-17(22)11-15)14-16-12-18(23)9-10-19(16)24(4)5/h6-12H,13-14,23H2,1-5H3. The van der Waals surface area contributed by atoms with E-state index < -0.39 is 5.41 Å². The van der Waals surface area contributed by atoms with E-state index in [4.69, 9.17) is 5.73 Å². The zero-order valence-electron chi connectivity index (χ0n) is 16.2. The van der Waals surface area contributed by atoms with Crippen LogP contribution in [0.1, 0.15) is 31.9 Å². The highest BCUT2D eigenvalue weighted by molar-refractivity contribution is 5.81. The Balaban J connectivity index is 2.39. The molecule has 2 aromatic carbocycles. The predicted molar refractivity (Wildman–Crippen MR) is 105 cm³/mol. The van der Waals surface area contributed by atoms with Crippen LogP contribution in [0.25, 0.3) is 0 Å². The van der Waals surface area contributed by atoms with E-state index in [-0.39, 0.29) is 11.7 Å². The van der Waals surface area contributed by atoms with Crippen LogP contribution >= 0.6 is 0 Å². The Labute approximate surface area is 155 Å². The summed E-state index contributed by atoms with van der Waals surface area (Å²) in [6.45, 7) is 6.42. The van der Waals surface area contributed by atoms with Crippen molar-refractivity contribution in [3.63, 3.8) is 0 Å². The molecule has 5 heteroatoms. The number of hydrogen-bond donors (Lipinski definition) is 1. The van der Waals surface area contributed by atoms with Gasteiger partial charge in [0.05, 0.1) is 0 Å². The number of rotatable bonds is 5. The number of halogens is 1. The number of hydrogen-bond acceptors (Lipinski definition) is 3. The van der Waals surface area contributed by atoms with Crippen LogP contribution in [0.5, 0.6) is 0 Å². The molecule has 0 aliphatic carbocycles. The number of benzene rings is 2. The van der Waals surface area contributed by atoms with Crippen LogP contribution in [0.4, 0.5) is 15.8 Å². The van der Waals surface area contributed by atoms with Crippen molar-refractivity contribution >= 4 is 17.3 Å². The van der Waals surface area contributed by atoms with Crippen molar-refractivity contribution in [2.45, 2.75) is 33.9 Å². The zero-order chi connectivity index (χ0) is 19.5. The second-order valence-corrected chi connectivity index (χ2v) is 7.82. The normalized spacial score (nSPS) is 11.3. The summed E-state index contributed by atoms with van der Waals surface area (Å²) in [6.07, 6.45) is 0. The number of carbonyl (C=O) groups excluding carboxylic acids is 1. The quantitative estimate of drug-likeness (QED) is 0.822. The third-order valence-electron chi connectivity index (χ3n) is 4.14. The average molecular weight is 357 g/mol. The monoisotopic (exact) mass is 357 g/mol. The first-order chi connectivity index (χ1) is 12.1. The number of nitrogens with two attached hydrogens (primary N) is 1. The van der Waals surface area contributed by atoms with Gasteiger partial charge in [0.15, 0.2) is 0 Å². The fourth-order valence-corrected chi connectivity index (χ4v) is 2.90. The van der Waals surface area contributed by atoms with E-state index in [0.29, 0.717) is 18.8 Å². The molecule has 2 rings (SSSR count). The zero-order valence-corrected chi connectivity index (χ0v) is 16.2. The molecule has 0 saturated carbocycles. The largest absolute Gasteiger partial charge is 0.399 e. The highest BCUT2D eigenvalue weighted by Gasteiger charge is 2.28. The number of nitrogens with zero attached hydrogens (tertiary/aromatic N) is 2. The molecule has 0 bridgehead atoms. The molecule has 0 unspecified atom stereocenters. The molecule has 0 aliphatic rings. The Morgan fingerprint density at radius 3 is 2.35 bits per heavy atom. The van der Waals surface area contributed by atoms with Crippen molar-refractivity contribution in [3.8, 4) is 0 Å². The summed E-state index contributed by atoms with van der Waals surface area (Å²) >= 11 is 0. The molecule has 0 atom stereocenters. The molecule has 140 valence electrons. The second kappa shape index (κ2) is 7.77. The SMILES string of the molecule is CN(C)c1ccc(N)cc1CN(Cc1cccc(F)c1)C(=O)C(C)(C)C. The summed E-state index contributed by atoms with van der Waals surface area (Å²) in [5, 5.41) is 0. The summed E-state index contributed by atoms with van der Waals surface area (Å²) in [7, 11) is 3.91. The van der Waals surface area contributed by atoms with E-state index in [1.165, 1.54) is 12.1 Å². The van der Waals surface area contributed by atoms with E-state index in [9.17, 15) is 9.18 Å². The van der Waals surface area contributed by atoms with Crippen LogP contribution in [0.3, 0.4) is 0 Å². The minimum absolute atomic E-state index is 0.00823. The highest BCUT2D eigenvalue weighted by Crippen LogP contribution is 2.27. The van der Waals surface area contributed by atoms with Crippen molar-refractivity contribution in [2.24, 2.45) is 5.41 Å². The van der Waals surface area contributed by atoms with Gasteiger partial charge in [-0.1, -0.05) is 32.9 Å². The van der Waals surface area contributed by atoms with E-state index in [0.717, 1.165) is 16.8 Å². The van der Waals surface area contributed by atoms with Crippen LogP contribution in [-0.4, -0.2) is 24.9 Å². The van der Waals surface area contributed by atoms with Crippen LogP contribution in [0.2, 0.25) is 0 Å². The molecule has 0 aromatic heterocycles. The van der Waals surface area contributed by atoms with Gasteiger partial charge in [0.25, 0.3) is 0 Å². The third kappa shape index (κ3) is 4.97. The van der Waals surface area contributed by atoms with Gasteiger partial charge in [-0.25, -0.2) is 4.39 Å². The van der Waals surface area contributed by atoms with Gasteiger partial charge in [0.2, 0.25) is 5.91 Å². The number of amides is 1. The second-order valence-electron chi connectivity index (χ2n) is 7.82. The molecule has 0 saturated heterocycles. The van der Waals surface area contributed by atoms with Gasteiger partial charge >= 0.3 is 0 Å². The van der Waals surface area contributed by atoms with Crippen LogP contribution < -0.4 is 10.6 Å². The van der Waals surface area contributed by atoms with Crippen molar-refractivity contribution < 1.29 is 9.18 Å². The Hall–Kier alpha value is -2.56. The van der Waals surface area contributed by atoms with E-state index in [1.54, 1.807) is 11.0 Å². The van der Waals surface area contributed by atoms with Gasteiger partial charge in [0.1, 0.15) is 5.82 Å². The van der Waals surface area contributed by atoms with Crippen LogP contribution in [-0.2, 0) is 17.9 Å². The maximum Gasteiger partial charge on any atom is 0.228 e. The van der Waals surface area contributed by atoms with Crippen LogP contribution in [0.15, 0.2) is 42.5 Å². The van der Waals surface area contributed by atoms with Gasteiger partial charge < -0.3 is 15.5 Å². The molecule has 4 nitrogen and oxygen atoms in total. The number of anilines is 2. The summed E-state index contributed by atoms with van der Waals surface area (Å²) in [4.78, 5) is 16.8. The van der Waals surface area contributed by atoms with Gasteiger partial charge in [-0.2, -0.15) is 0 Å².